The molecule has 0 aromatic heterocycles. The second kappa shape index (κ2) is 8.59. The van der Waals surface area contributed by atoms with Crippen molar-refractivity contribution in [1.29, 1.82) is 0 Å². The summed E-state index contributed by atoms with van der Waals surface area (Å²) in [6.07, 6.45) is 0. The maximum Gasteiger partial charge on any atom is 0.272 e. The van der Waals surface area contributed by atoms with Gasteiger partial charge in [0.1, 0.15) is 5.75 Å². The number of amides is 2. The van der Waals surface area contributed by atoms with E-state index in [0.29, 0.717) is 27.7 Å². The van der Waals surface area contributed by atoms with Gasteiger partial charge in [-0.1, -0.05) is 60.2 Å². The number of carbonyl (C=O) groups is 2. The molecular formula is C25H21NO3S. The van der Waals surface area contributed by atoms with Crippen molar-refractivity contribution in [1.82, 2.24) is 0 Å². The molecule has 1 aliphatic rings. The molecular weight excluding hydrogens is 394 g/mol. The highest BCUT2D eigenvalue weighted by atomic mass is 32.2. The number of imide groups is 1. The summed E-state index contributed by atoms with van der Waals surface area (Å²) < 4.78 is 5.19. The van der Waals surface area contributed by atoms with Gasteiger partial charge in [0.15, 0.2) is 0 Å². The van der Waals surface area contributed by atoms with E-state index in [1.165, 1.54) is 16.7 Å². The zero-order valence-corrected chi connectivity index (χ0v) is 17.6. The second-order valence-electron chi connectivity index (χ2n) is 6.99. The van der Waals surface area contributed by atoms with E-state index in [4.69, 9.17) is 4.74 Å². The molecule has 0 N–H and O–H groups in total. The number of hydrogen-bond donors (Lipinski definition) is 0. The van der Waals surface area contributed by atoms with Crippen molar-refractivity contribution < 1.29 is 14.3 Å². The van der Waals surface area contributed by atoms with Crippen LogP contribution in [0.3, 0.4) is 0 Å². The maximum atomic E-state index is 13.4. The molecule has 1 heterocycles. The van der Waals surface area contributed by atoms with E-state index >= 15 is 0 Å². The van der Waals surface area contributed by atoms with Crippen molar-refractivity contribution in [3.63, 3.8) is 0 Å². The van der Waals surface area contributed by atoms with Crippen molar-refractivity contribution in [2.24, 2.45) is 0 Å². The van der Waals surface area contributed by atoms with Crippen LogP contribution in [0.5, 0.6) is 5.75 Å². The molecule has 0 atom stereocenters. The third-order valence-electron chi connectivity index (χ3n) is 4.94. The van der Waals surface area contributed by atoms with Crippen LogP contribution >= 0.6 is 11.8 Å². The van der Waals surface area contributed by atoms with E-state index in [1.54, 1.807) is 31.4 Å². The molecule has 3 aromatic carbocycles. The Morgan fingerprint density at radius 2 is 1.50 bits per heavy atom. The van der Waals surface area contributed by atoms with Crippen LogP contribution < -0.4 is 9.64 Å². The van der Waals surface area contributed by atoms with Crippen molar-refractivity contribution in [3.05, 3.63) is 100 Å². The van der Waals surface area contributed by atoms with Gasteiger partial charge < -0.3 is 4.74 Å². The Kier molecular flexibility index (Phi) is 5.72. The first kappa shape index (κ1) is 20.0. The van der Waals surface area contributed by atoms with Crippen molar-refractivity contribution in [2.75, 3.05) is 12.0 Å². The summed E-state index contributed by atoms with van der Waals surface area (Å²) in [5.41, 5.74) is 3.94. The van der Waals surface area contributed by atoms with E-state index in [-0.39, 0.29) is 11.8 Å². The SMILES string of the molecule is COc1ccc(N2C(=O)C(SCc3ccccc3)=C(c3ccc(C)cc3)C2=O)cc1. The van der Waals surface area contributed by atoms with E-state index in [1.807, 2.05) is 61.5 Å². The lowest BCUT2D eigenvalue weighted by molar-refractivity contribution is -0.119. The number of ether oxygens (including phenoxy) is 1. The van der Waals surface area contributed by atoms with Crippen LogP contribution in [0.1, 0.15) is 16.7 Å². The molecule has 30 heavy (non-hydrogen) atoms. The van der Waals surface area contributed by atoms with Crippen molar-refractivity contribution >= 4 is 34.8 Å². The van der Waals surface area contributed by atoms with Crippen LogP contribution in [0.4, 0.5) is 5.69 Å². The molecule has 0 aliphatic carbocycles. The maximum absolute atomic E-state index is 13.4. The van der Waals surface area contributed by atoms with E-state index in [0.717, 1.165) is 16.7 Å². The molecule has 0 saturated heterocycles. The summed E-state index contributed by atoms with van der Waals surface area (Å²) >= 11 is 1.41. The van der Waals surface area contributed by atoms with Crippen LogP contribution in [0, 0.1) is 6.92 Å². The monoisotopic (exact) mass is 415 g/mol. The Morgan fingerprint density at radius 1 is 0.833 bits per heavy atom. The molecule has 5 heteroatoms. The van der Waals surface area contributed by atoms with Crippen molar-refractivity contribution in [3.8, 4) is 5.75 Å². The first-order valence-electron chi connectivity index (χ1n) is 9.59. The van der Waals surface area contributed by atoms with Gasteiger partial charge in [-0.2, -0.15) is 0 Å². The fourth-order valence-electron chi connectivity index (χ4n) is 3.31. The van der Waals surface area contributed by atoms with Gasteiger partial charge in [0.25, 0.3) is 11.8 Å². The predicted molar refractivity (Wildman–Crippen MR) is 121 cm³/mol. The summed E-state index contributed by atoms with van der Waals surface area (Å²) in [6, 6.07) is 24.6. The lowest BCUT2D eigenvalue weighted by Gasteiger charge is -2.15. The van der Waals surface area contributed by atoms with Gasteiger partial charge in [-0.25, -0.2) is 4.90 Å². The highest BCUT2D eigenvalue weighted by Gasteiger charge is 2.40. The Labute approximate surface area is 180 Å². The number of rotatable bonds is 6. The highest BCUT2D eigenvalue weighted by Crippen LogP contribution is 2.39. The Balaban J connectivity index is 1.72. The Morgan fingerprint density at radius 3 is 2.13 bits per heavy atom. The minimum absolute atomic E-state index is 0.290. The summed E-state index contributed by atoms with van der Waals surface area (Å²) in [6.45, 7) is 1.99. The largest absolute Gasteiger partial charge is 0.497 e. The molecule has 0 bridgehead atoms. The molecule has 4 nitrogen and oxygen atoms in total. The third kappa shape index (κ3) is 3.89. The molecule has 0 fully saturated rings. The zero-order valence-electron chi connectivity index (χ0n) is 16.8. The third-order valence-corrected chi connectivity index (χ3v) is 6.08. The summed E-state index contributed by atoms with van der Waals surface area (Å²) in [5.74, 6) is 0.690. The molecule has 1 aliphatic heterocycles. The minimum Gasteiger partial charge on any atom is -0.497 e. The smallest absolute Gasteiger partial charge is 0.272 e. The number of methoxy groups -OCH3 is 1. The number of thioether (sulfide) groups is 1. The normalized spacial score (nSPS) is 13.9. The average Bonchev–Trinajstić information content (AvgIpc) is 3.03. The molecule has 2 amide bonds. The minimum atomic E-state index is -0.301. The predicted octanol–water partition coefficient (Wildman–Crippen LogP) is 5.22. The van der Waals surface area contributed by atoms with Crippen LogP contribution in [-0.4, -0.2) is 18.9 Å². The van der Waals surface area contributed by atoms with Crippen molar-refractivity contribution in [2.45, 2.75) is 12.7 Å². The van der Waals surface area contributed by atoms with Crippen LogP contribution in [0.2, 0.25) is 0 Å². The molecule has 0 unspecified atom stereocenters. The Hall–Kier alpha value is -3.31. The summed E-state index contributed by atoms with van der Waals surface area (Å²) in [5, 5.41) is 0. The number of carbonyl (C=O) groups excluding carboxylic acids is 2. The zero-order chi connectivity index (χ0) is 21.1. The Bertz CT molecular complexity index is 1100. The topological polar surface area (TPSA) is 46.6 Å². The first-order valence-corrected chi connectivity index (χ1v) is 10.6. The summed E-state index contributed by atoms with van der Waals surface area (Å²) in [4.78, 5) is 28.4. The van der Waals surface area contributed by atoms with E-state index in [2.05, 4.69) is 0 Å². The van der Waals surface area contributed by atoms with Gasteiger partial charge in [-0.3, -0.25) is 9.59 Å². The van der Waals surface area contributed by atoms with Gasteiger partial charge in [0, 0.05) is 5.75 Å². The van der Waals surface area contributed by atoms with E-state index in [9.17, 15) is 9.59 Å². The molecule has 150 valence electrons. The number of hydrogen-bond acceptors (Lipinski definition) is 4. The van der Waals surface area contributed by atoms with Crippen LogP contribution in [0.25, 0.3) is 5.57 Å². The number of benzene rings is 3. The fourth-order valence-corrected chi connectivity index (χ4v) is 4.38. The number of aryl methyl sites for hydroxylation is 1. The molecule has 3 aromatic rings. The van der Waals surface area contributed by atoms with Gasteiger partial charge in [-0.05, 0) is 42.3 Å². The van der Waals surface area contributed by atoms with Crippen LogP contribution in [0.15, 0.2) is 83.8 Å². The summed E-state index contributed by atoms with van der Waals surface area (Å²) in [7, 11) is 1.58. The molecule has 4 rings (SSSR count). The van der Waals surface area contributed by atoms with Gasteiger partial charge in [0.05, 0.1) is 23.3 Å². The second-order valence-corrected chi connectivity index (χ2v) is 7.97. The number of anilines is 1. The van der Waals surface area contributed by atoms with Gasteiger partial charge in [0.2, 0.25) is 0 Å². The quantitative estimate of drug-likeness (QED) is 0.518. The molecule has 0 saturated carbocycles. The lowest BCUT2D eigenvalue weighted by Crippen LogP contribution is -2.31. The average molecular weight is 416 g/mol. The highest BCUT2D eigenvalue weighted by molar-refractivity contribution is 8.03. The lowest BCUT2D eigenvalue weighted by atomic mass is 10.0. The first-order chi connectivity index (χ1) is 14.6. The van der Waals surface area contributed by atoms with E-state index < -0.39 is 0 Å². The van der Waals surface area contributed by atoms with Gasteiger partial charge >= 0.3 is 0 Å². The molecule has 0 radical (unpaired) electrons. The van der Waals surface area contributed by atoms with Gasteiger partial charge in [-0.15, -0.1) is 11.8 Å². The molecule has 0 spiro atoms. The fraction of sp³-hybridized carbons (Fsp3) is 0.120. The number of nitrogens with zero attached hydrogens (tertiary/aromatic N) is 1. The standard InChI is InChI=1S/C25H21NO3S/c1-17-8-10-19(11-9-17)22-23(30-16-18-6-4-3-5-7-18)25(28)26(24(22)27)20-12-14-21(29-2)15-13-20/h3-15H,16H2,1-2H3. The van der Waals surface area contributed by atoms with Crippen LogP contribution in [-0.2, 0) is 15.3 Å².